The molecule has 4 nitrogen and oxygen atoms in total. The lowest BCUT2D eigenvalue weighted by Gasteiger charge is -2.08. The second-order valence-corrected chi connectivity index (χ2v) is 6.10. The van der Waals surface area contributed by atoms with Crippen molar-refractivity contribution in [3.63, 3.8) is 0 Å². The number of hydrogen-bond acceptors (Lipinski definition) is 3. The number of hydrogen-bond donors (Lipinski definition) is 1. The van der Waals surface area contributed by atoms with E-state index in [1.54, 1.807) is 30.3 Å². The third-order valence-corrected chi connectivity index (χ3v) is 4.73. The van der Waals surface area contributed by atoms with Crippen LogP contribution in [0.1, 0.15) is 0 Å². The van der Waals surface area contributed by atoms with Crippen molar-refractivity contribution < 1.29 is 17.9 Å². The lowest BCUT2D eigenvalue weighted by Crippen LogP contribution is -2.11. The summed E-state index contributed by atoms with van der Waals surface area (Å²) < 4.78 is 39.4. The molecule has 2 aromatic carbocycles. The second kappa shape index (κ2) is 4.35. The quantitative estimate of drug-likeness (QED) is 0.789. The van der Waals surface area contributed by atoms with Gasteiger partial charge < -0.3 is 5.11 Å². The molecule has 20 heavy (non-hydrogen) atoms. The highest BCUT2D eigenvalue weighted by Crippen LogP contribution is 2.24. The Labute approximate surface area is 114 Å². The van der Waals surface area contributed by atoms with Crippen molar-refractivity contribution in [2.75, 3.05) is 0 Å². The highest BCUT2D eigenvalue weighted by atomic mass is 32.2. The van der Waals surface area contributed by atoms with E-state index in [9.17, 15) is 12.8 Å². The van der Waals surface area contributed by atoms with Crippen LogP contribution in [0.2, 0.25) is 0 Å². The standard InChI is InChI=1S/C14H10FNO3S/c15-12-9-11(5-6-14(12)17)20(18,19)16-8-7-10-3-1-2-4-13(10)16/h1-9,17H. The maximum atomic E-state index is 13.3. The first kappa shape index (κ1) is 12.7. The summed E-state index contributed by atoms with van der Waals surface area (Å²) in [5.41, 5.74) is 0.515. The Bertz CT molecular complexity index is 900. The predicted molar refractivity (Wildman–Crippen MR) is 72.6 cm³/mol. The lowest BCUT2D eigenvalue weighted by molar-refractivity contribution is 0.431. The van der Waals surface area contributed by atoms with E-state index in [-0.39, 0.29) is 4.90 Å². The van der Waals surface area contributed by atoms with Gasteiger partial charge in [-0.2, -0.15) is 0 Å². The third-order valence-electron chi connectivity index (χ3n) is 3.04. The van der Waals surface area contributed by atoms with E-state index in [0.717, 1.165) is 21.5 Å². The summed E-state index contributed by atoms with van der Waals surface area (Å²) >= 11 is 0. The molecule has 1 N–H and O–H groups in total. The van der Waals surface area contributed by atoms with Gasteiger partial charge in [0.1, 0.15) is 0 Å². The van der Waals surface area contributed by atoms with Crippen LogP contribution in [-0.4, -0.2) is 17.5 Å². The molecule has 102 valence electrons. The third kappa shape index (κ3) is 1.85. The number of fused-ring (bicyclic) bond motifs is 1. The molecule has 3 rings (SSSR count). The fraction of sp³-hybridized carbons (Fsp3) is 0. The molecule has 0 atom stereocenters. The van der Waals surface area contributed by atoms with Gasteiger partial charge in [0.05, 0.1) is 10.4 Å². The maximum Gasteiger partial charge on any atom is 0.268 e. The molecule has 0 spiro atoms. The number of rotatable bonds is 2. The average Bonchev–Trinajstić information content (AvgIpc) is 2.86. The molecule has 0 amide bonds. The van der Waals surface area contributed by atoms with E-state index in [0.29, 0.717) is 5.52 Å². The Morgan fingerprint density at radius 3 is 2.55 bits per heavy atom. The summed E-state index contributed by atoms with van der Waals surface area (Å²) in [5.74, 6) is -1.55. The predicted octanol–water partition coefficient (Wildman–Crippen LogP) is 2.72. The fourth-order valence-electron chi connectivity index (χ4n) is 2.03. The first-order valence-corrected chi connectivity index (χ1v) is 7.24. The van der Waals surface area contributed by atoms with Crippen LogP contribution in [0.5, 0.6) is 5.75 Å². The Morgan fingerprint density at radius 2 is 1.80 bits per heavy atom. The van der Waals surface area contributed by atoms with Gasteiger partial charge in [-0.15, -0.1) is 0 Å². The molecule has 3 aromatic rings. The SMILES string of the molecule is O=S(=O)(c1ccc(O)c(F)c1)n1ccc2ccccc21. The normalized spacial score (nSPS) is 11.8. The molecule has 1 aromatic heterocycles. The van der Waals surface area contributed by atoms with Crippen LogP contribution in [0, 0.1) is 5.82 Å². The van der Waals surface area contributed by atoms with Crippen LogP contribution in [0.3, 0.4) is 0 Å². The molecular weight excluding hydrogens is 281 g/mol. The monoisotopic (exact) mass is 291 g/mol. The molecule has 0 aliphatic rings. The van der Waals surface area contributed by atoms with Gasteiger partial charge in [-0.1, -0.05) is 18.2 Å². The fourth-order valence-corrected chi connectivity index (χ4v) is 3.39. The number of aromatic nitrogens is 1. The van der Waals surface area contributed by atoms with E-state index in [1.165, 1.54) is 12.3 Å². The van der Waals surface area contributed by atoms with Crippen LogP contribution in [0.4, 0.5) is 4.39 Å². The minimum Gasteiger partial charge on any atom is -0.505 e. The van der Waals surface area contributed by atoms with Crippen LogP contribution >= 0.6 is 0 Å². The lowest BCUT2D eigenvalue weighted by atomic mass is 10.3. The Morgan fingerprint density at radius 1 is 1.05 bits per heavy atom. The molecule has 0 unspecified atom stereocenters. The summed E-state index contributed by atoms with van der Waals surface area (Å²) in [6, 6.07) is 11.7. The zero-order chi connectivity index (χ0) is 14.3. The zero-order valence-corrected chi connectivity index (χ0v) is 11.0. The van der Waals surface area contributed by atoms with Gasteiger partial charge in [0, 0.05) is 11.6 Å². The van der Waals surface area contributed by atoms with Gasteiger partial charge in [-0.05, 0) is 30.3 Å². The van der Waals surface area contributed by atoms with Gasteiger partial charge in [0.15, 0.2) is 11.6 Å². The van der Waals surface area contributed by atoms with Crippen LogP contribution in [-0.2, 0) is 10.0 Å². The molecule has 0 bridgehead atoms. The summed E-state index contributed by atoms with van der Waals surface area (Å²) in [7, 11) is -3.90. The first-order chi connectivity index (χ1) is 9.50. The molecular formula is C14H10FNO3S. The van der Waals surface area contributed by atoms with E-state index < -0.39 is 21.6 Å². The number of para-hydroxylation sites is 1. The summed E-state index contributed by atoms with van der Waals surface area (Å²) in [5, 5.41) is 9.91. The van der Waals surface area contributed by atoms with E-state index in [1.807, 2.05) is 0 Å². The van der Waals surface area contributed by atoms with Crippen molar-refractivity contribution in [3.05, 3.63) is 60.5 Å². The van der Waals surface area contributed by atoms with Crippen LogP contribution < -0.4 is 0 Å². The minimum absolute atomic E-state index is 0.214. The number of phenolic OH excluding ortho intramolecular Hbond substituents is 1. The molecule has 0 aliphatic heterocycles. The summed E-state index contributed by atoms with van der Waals surface area (Å²) in [6.45, 7) is 0. The van der Waals surface area contributed by atoms with Crippen molar-refractivity contribution >= 4 is 20.9 Å². The second-order valence-electron chi connectivity index (χ2n) is 4.29. The number of nitrogens with zero attached hydrogens (tertiary/aromatic N) is 1. The molecule has 1 heterocycles. The van der Waals surface area contributed by atoms with Crippen molar-refractivity contribution in [2.24, 2.45) is 0 Å². The summed E-state index contributed by atoms with van der Waals surface area (Å²) in [6.07, 6.45) is 1.42. The maximum absolute atomic E-state index is 13.3. The van der Waals surface area contributed by atoms with E-state index in [2.05, 4.69) is 0 Å². The molecule has 6 heteroatoms. The number of halogens is 1. The summed E-state index contributed by atoms with van der Waals surface area (Å²) in [4.78, 5) is -0.214. The molecule has 0 saturated carbocycles. The minimum atomic E-state index is -3.90. The van der Waals surface area contributed by atoms with Gasteiger partial charge in [-0.3, -0.25) is 0 Å². The van der Waals surface area contributed by atoms with Gasteiger partial charge in [-0.25, -0.2) is 16.8 Å². The zero-order valence-electron chi connectivity index (χ0n) is 10.2. The average molecular weight is 291 g/mol. The highest BCUT2D eigenvalue weighted by molar-refractivity contribution is 7.90. The van der Waals surface area contributed by atoms with Crippen LogP contribution in [0.25, 0.3) is 10.9 Å². The van der Waals surface area contributed by atoms with E-state index in [4.69, 9.17) is 5.11 Å². The van der Waals surface area contributed by atoms with Gasteiger partial charge >= 0.3 is 0 Å². The van der Waals surface area contributed by atoms with E-state index >= 15 is 0 Å². The Balaban J connectivity index is 2.23. The number of phenols is 1. The number of benzene rings is 2. The topological polar surface area (TPSA) is 59.3 Å². The van der Waals surface area contributed by atoms with Crippen molar-refractivity contribution in [1.82, 2.24) is 3.97 Å². The Kier molecular flexibility index (Phi) is 2.76. The van der Waals surface area contributed by atoms with Crippen LogP contribution in [0.15, 0.2) is 59.6 Å². The van der Waals surface area contributed by atoms with Crippen molar-refractivity contribution in [1.29, 1.82) is 0 Å². The highest BCUT2D eigenvalue weighted by Gasteiger charge is 2.20. The number of aromatic hydroxyl groups is 1. The van der Waals surface area contributed by atoms with Gasteiger partial charge in [0.2, 0.25) is 0 Å². The molecule has 0 fully saturated rings. The van der Waals surface area contributed by atoms with Gasteiger partial charge in [0.25, 0.3) is 10.0 Å². The first-order valence-electron chi connectivity index (χ1n) is 5.80. The molecule has 0 radical (unpaired) electrons. The largest absolute Gasteiger partial charge is 0.505 e. The molecule has 0 saturated heterocycles. The van der Waals surface area contributed by atoms with Crippen molar-refractivity contribution in [2.45, 2.75) is 4.90 Å². The Hall–Kier alpha value is -2.34. The smallest absolute Gasteiger partial charge is 0.268 e. The molecule has 0 aliphatic carbocycles. The van der Waals surface area contributed by atoms with Crippen molar-refractivity contribution in [3.8, 4) is 5.75 Å².